The average Bonchev–Trinajstić information content (AvgIpc) is 2.99. The first-order valence-corrected chi connectivity index (χ1v) is 4.81. The van der Waals surface area contributed by atoms with Gasteiger partial charge in [0.15, 0.2) is 0 Å². The van der Waals surface area contributed by atoms with E-state index in [4.69, 9.17) is 10.5 Å². The number of hydrogen-bond donors (Lipinski definition) is 1. The van der Waals surface area contributed by atoms with Crippen molar-refractivity contribution in [2.24, 2.45) is 11.7 Å². The van der Waals surface area contributed by atoms with Crippen molar-refractivity contribution in [2.45, 2.75) is 19.4 Å². The molecule has 0 unspecified atom stereocenters. The predicted octanol–water partition coefficient (Wildman–Crippen LogP) is 2.36. The Morgan fingerprint density at radius 1 is 1.29 bits per heavy atom. The number of halogens is 1. The topological polar surface area (TPSA) is 35.2 Å². The summed E-state index contributed by atoms with van der Waals surface area (Å²) >= 11 is 0. The van der Waals surface area contributed by atoms with E-state index in [1.165, 1.54) is 12.8 Å². The molecule has 2 rings (SSSR count). The minimum absolute atomic E-state index is 0. The molecule has 3 heteroatoms. The van der Waals surface area contributed by atoms with Gasteiger partial charge >= 0.3 is 0 Å². The second-order valence-electron chi connectivity index (χ2n) is 3.57. The number of nitrogens with two attached hydrogens (primary N) is 1. The summed E-state index contributed by atoms with van der Waals surface area (Å²) in [5.74, 6) is 1.75. The molecule has 1 aromatic carbocycles. The lowest BCUT2D eigenvalue weighted by Crippen LogP contribution is -2.04. The van der Waals surface area contributed by atoms with Gasteiger partial charge in [-0.2, -0.15) is 0 Å². The van der Waals surface area contributed by atoms with E-state index in [1.54, 1.807) is 0 Å². The Hall–Kier alpha value is -0.730. The van der Waals surface area contributed by atoms with Gasteiger partial charge in [0.05, 0.1) is 6.61 Å². The molecule has 1 fully saturated rings. The molecule has 0 radical (unpaired) electrons. The SMILES string of the molecule is Cl.NCc1ccccc1OCC1CC1. The molecular formula is C11H16ClNO. The number of ether oxygens (including phenoxy) is 1. The number of para-hydroxylation sites is 1. The number of rotatable bonds is 4. The summed E-state index contributed by atoms with van der Waals surface area (Å²) < 4.78 is 5.67. The zero-order valence-electron chi connectivity index (χ0n) is 8.11. The Morgan fingerprint density at radius 3 is 2.64 bits per heavy atom. The van der Waals surface area contributed by atoms with Crippen molar-refractivity contribution < 1.29 is 4.74 Å². The quantitative estimate of drug-likeness (QED) is 0.834. The van der Waals surface area contributed by atoms with Crippen molar-refractivity contribution in [3.63, 3.8) is 0 Å². The molecule has 0 heterocycles. The van der Waals surface area contributed by atoms with Crippen LogP contribution in [-0.4, -0.2) is 6.61 Å². The molecule has 1 aliphatic rings. The van der Waals surface area contributed by atoms with Gasteiger partial charge in [-0.15, -0.1) is 12.4 Å². The van der Waals surface area contributed by atoms with Crippen LogP contribution < -0.4 is 10.5 Å². The van der Waals surface area contributed by atoms with Crippen LogP contribution in [0.1, 0.15) is 18.4 Å². The maximum Gasteiger partial charge on any atom is 0.123 e. The summed E-state index contributed by atoms with van der Waals surface area (Å²) in [6.45, 7) is 1.41. The fraction of sp³-hybridized carbons (Fsp3) is 0.455. The molecular weight excluding hydrogens is 198 g/mol. The third-order valence-electron chi connectivity index (χ3n) is 2.36. The van der Waals surface area contributed by atoms with Crippen molar-refractivity contribution in [1.82, 2.24) is 0 Å². The van der Waals surface area contributed by atoms with Gasteiger partial charge in [0.1, 0.15) is 5.75 Å². The first kappa shape index (κ1) is 11.3. The van der Waals surface area contributed by atoms with Crippen LogP contribution in [0.25, 0.3) is 0 Å². The first-order chi connectivity index (χ1) is 6.40. The van der Waals surface area contributed by atoms with E-state index in [0.29, 0.717) is 6.54 Å². The summed E-state index contributed by atoms with van der Waals surface area (Å²) in [5.41, 5.74) is 6.69. The smallest absolute Gasteiger partial charge is 0.123 e. The zero-order valence-corrected chi connectivity index (χ0v) is 8.93. The molecule has 2 N–H and O–H groups in total. The molecule has 14 heavy (non-hydrogen) atoms. The molecule has 0 aromatic heterocycles. The fourth-order valence-corrected chi connectivity index (χ4v) is 1.31. The van der Waals surface area contributed by atoms with Crippen LogP contribution in [0, 0.1) is 5.92 Å². The van der Waals surface area contributed by atoms with Gasteiger partial charge in [-0.3, -0.25) is 0 Å². The lowest BCUT2D eigenvalue weighted by atomic mass is 10.2. The average molecular weight is 214 g/mol. The molecule has 0 aliphatic heterocycles. The molecule has 1 aliphatic carbocycles. The van der Waals surface area contributed by atoms with E-state index < -0.39 is 0 Å². The molecule has 0 atom stereocenters. The monoisotopic (exact) mass is 213 g/mol. The van der Waals surface area contributed by atoms with Crippen molar-refractivity contribution in [2.75, 3.05) is 6.61 Å². The van der Waals surface area contributed by atoms with Crippen LogP contribution in [0.4, 0.5) is 0 Å². The highest BCUT2D eigenvalue weighted by atomic mass is 35.5. The predicted molar refractivity (Wildman–Crippen MR) is 59.8 cm³/mol. The lowest BCUT2D eigenvalue weighted by Gasteiger charge is -2.08. The lowest BCUT2D eigenvalue weighted by molar-refractivity contribution is 0.297. The minimum Gasteiger partial charge on any atom is -0.493 e. The molecule has 1 saturated carbocycles. The van der Waals surface area contributed by atoms with Gasteiger partial charge in [0, 0.05) is 12.1 Å². The normalized spacial score (nSPS) is 14.6. The van der Waals surface area contributed by atoms with Crippen molar-refractivity contribution in [3.05, 3.63) is 29.8 Å². The second-order valence-corrected chi connectivity index (χ2v) is 3.57. The van der Waals surface area contributed by atoms with Gasteiger partial charge in [-0.1, -0.05) is 18.2 Å². The van der Waals surface area contributed by atoms with E-state index in [-0.39, 0.29) is 12.4 Å². The summed E-state index contributed by atoms with van der Waals surface area (Å²) in [7, 11) is 0. The van der Waals surface area contributed by atoms with Crippen LogP contribution >= 0.6 is 12.4 Å². The van der Waals surface area contributed by atoms with Crippen LogP contribution in [0.15, 0.2) is 24.3 Å². The van der Waals surface area contributed by atoms with E-state index in [9.17, 15) is 0 Å². The zero-order chi connectivity index (χ0) is 9.10. The largest absolute Gasteiger partial charge is 0.493 e. The maximum atomic E-state index is 5.67. The summed E-state index contributed by atoms with van der Waals surface area (Å²) in [6.07, 6.45) is 2.65. The van der Waals surface area contributed by atoms with Gasteiger partial charge in [-0.05, 0) is 24.8 Å². The Kier molecular flexibility index (Phi) is 4.23. The summed E-state index contributed by atoms with van der Waals surface area (Å²) in [6, 6.07) is 7.99. The van der Waals surface area contributed by atoms with E-state index in [0.717, 1.165) is 23.8 Å². The first-order valence-electron chi connectivity index (χ1n) is 4.81. The summed E-state index contributed by atoms with van der Waals surface area (Å²) in [5, 5.41) is 0. The highest BCUT2D eigenvalue weighted by Crippen LogP contribution is 2.30. The highest BCUT2D eigenvalue weighted by Gasteiger charge is 2.22. The van der Waals surface area contributed by atoms with E-state index in [1.807, 2.05) is 24.3 Å². The molecule has 0 bridgehead atoms. The molecule has 1 aromatic rings. The van der Waals surface area contributed by atoms with Gasteiger partial charge in [-0.25, -0.2) is 0 Å². The molecule has 78 valence electrons. The van der Waals surface area contributed by atoms with Crippen LogP contribution in [0.2, 0.25) is 0 Å². The fourth-order valence-electron chi connectivity index (χ4n) is 1.31. The van der Waals surface area contributed by atoms with Crippen LogP contribution in [0.5, 0.6) is 5.75 Å². The van der Waals surface area contributed by atoms with Crippen molar-refractivity contribution in [1.29, 1.82) is 0 Å². The number of benzene rings is 1. The number of hydrogen-bond acceptors (Lipinski definition) is 2. The van der Waals surface area contributed by atoms with Crippen LogP contribution in [-0.2, 0) is 6.54 Å². The van der Waals surface area contributed by atoms with Gasteiger partial charge in [0.25, 0.3) is 0 Å². The maximum absolute atomic E-state index is 5.67. The van der Waals surface area contributed by atoms with E-state index in [2.05, 4.69) is 0 Å². The van der Waals surface area contributed by atoms with Gasteiger partial charge in [0.2, 0.25) is 0 Å². The standard InChI is InChI=1S/C11H15NO.ClH/c12-7-10-3-1-2-4-11(10)13-8-9-5-6-9;/h1-4,9H,5-8,12H2;1H. The summed E-state index contributed by atoms with van der Waals surface area (Å²) in [4.78, 5) is 0. The van der Waals surface area contributed by atoms with Crippen molar-refractivity contribution in [3.8, 4) is 5.75 Å². The molecule has 0 amide bonds. The molecule has 0 saturated heterocycles. The third-order valence-corrected chi connectivity index (χ3v) is 2.36. The highest BCUT2D eigenvalue weighted by molar-refractivity contribution is 5.85. The minimum atomic E-state index is 0. The Morgan fingerprint density at radius 2 is 2.00 bits per heavy atom. The molecule has 0 spiro atoms. The Bertz CT molecular complexity index is 286. The van der Waals surface area contributed by atoms with Gasteiger partial charge < -0.3 is 10.5 Å². The molecule has 2 nitrogen and oxygen atoms in total. The van der Waals surface area contributed by atoms with Crippen molar-refractivity contribution >= 4 is 12.4 Å². The van der Waals surface area contributed by atoms with E-state index >= 15 is 0 Å². The third kappa shape index (κ3) is 2.89. The Labute approximate surface area is 90.9 Å². The van der Waals surface area contributed by atoms with Crippen LogP contribution in [0.3, 0.4) is 0 Å². The Balaban J connectivity index is 0.000000980. The second kappa shape index (κ2) is 5.23.